The molecule has 0 saturated carbocycles. The van der Waals surface area contributed by atoms with E-state index in [0.29, 0.717) is 23.7 Å². The summed E-state index contributed by atoms with van der Waals surface area (Å²) in [6.07, 6.45) is 0. The van der Waals surface area contributed by atoms with Crippen LogP contribution in [0.3, 0.4) is 0 Å². The summed E-state index contributed by atoms with van der Waals surface area (Å²) in [4.78, 5) is 25.9. The Morgan fingerprint density at radius 3 is 2.31 bits per heavy atom. The number of nitrogens with one attached hydrogen (secondary N) is 1. The third kappa shape index (κ3) is 5.24. The van der Waals surface area contributed by atoms with Gasteiger partial charge in [0.2, 0.25) is 11.8 Å². The highest BCUT2D eigenvalue weighted by molar-refractivity contribution is 5.95. The zero-order chi connectivity index (χ0) is 19.1. The number of hydrogen-bond donors (Lipinski definition) is 1. The lowest BCUT2D eigenvalue weighted by Crippen LogP contribution is -2.36. The van der Waals surface area contributed by atoms with E-state index in [9.17, 15) is 9.59 Å². The molecule has 0 heterocycles. The predicted molar refractivity (Wildman–Crippen MR) is 100 cm³/mol. The van der Waals surface area contributed by atoms with Crippen LogP contribution >= 0.6 is 0 Å². The minimum Gasteiger partial charge on any atom is -0.497 e. The SMILES string of the molecule is COc1ccc(OC)c(NC(=O)CN(Cc2ccc(C)cc2)C(C)=O)c1. The van der Waals surface area contributed by atoms with Crippen LogP contribution in [0.25, 0.3) is 0 Å². The van der Waals surface area contributed by atoms with Crippen molar-refractivity contribution in [1.29, 1.82) is 0 Å². The molecule has 0 aliphatic heterocycles. The Bertz CT molecular complexity index is 772. The van der Waals surface area contributed by atoms with Gasteiger partial charge in [0, 0.05) is 19.5 Å². The summed E-state index contributed by atoms with van der Waals surface area (Å²) in [5.74, 6) is 0.647. The number of aryl methyl sites for hydroxylation is 1. The molecule has 0 aromatic heterocycles. The van der Waals surface area contributed by atoms with Gasteiger partial charge in [-0.25, -0.2) is 0 Å². The van der Waals surface area contributed by atoms with E-state index >= 15 is 0 Å². The molecule has 1 N–H and O–H groups in total. The molecular weight excluding hydrogens is 332 g/mol. The Labute approximate surface area is 153 Å². The van der Waals surface area contributed by atoms with E-state index in [1.807, 2.05) is 31.2 Å². The van der Waals surface area contributed by atoms with Crippen molar-refractivity contribution in [3.8, 4) is 11.5 Å². The first-order valence-electron chi connectivity index (χ1n) is 8.26. The van der Waals surface area contributed by atoms with Crippen molar-refractivity contribution in [2.75, 3.05) is 26.1 Å². The Hall–Kier alpha value is -3.02. The van der Waals surface area contributed by atoms with Crippen molar-refractivity contribution in [2.24, 2.45) is 0 Å². The molecule has 0 radical (unpaired) electrons. The summed E-state index contributed by atoms with van der Waals surface area (Å²) >= 11 is 0. The molecule has 26 heavy (non-hydrogen) atoms. The smallest absolute Gasteiger partial charge is 0.244 e. The maximum absolute atomic E-state index is 12.4. The largest absolute Gasteiger partial charge is 0.497 e. The number of amides is 2. The molecule has 138 valence electrons. The van der Waals surface area contributed by atoms with E-state index in [4.69, 9.17) is 9.47 Å². The lowest BCUT2D eigenvalue weighted by atomic mass is 10.1. The number of carbonyl (C=O) groups excluding carboxylic acids is 2. The third-order valence-corrected chi connectivity index (χ3v) is 3.95. The fraction of sp³-hybridized carbons (Fsp3) is 0.300. The second-order valence-electron chi connectivity index (χ2n) is 5.98. The van der Waals surface area contributed by atoms with Crippen molar-refractivity contribution in [2.45, 2.75) is 20.4 Å². The van der Waals surface area contributed by atoms with Gasteiger partial charge in [-0.3, -0.25) is 9.59 Å². The van der Waals surface area contributed by atoms with Crippen LogP contribution in [-0.4, -0.2) is 37.5 Å². The fourth-order valence-electron chi connectivity index (χ4n) is 2.47. The maximum Gasteiger partial charge on any atom is 0.244 e. The van der Waals surface area contributed by atoms with Gasteiger partial charge in [-0.1, -0.05) is 29.8 Å². The van der Waals surface area contributed by atoms with Gasteiger partial charge in [0.25, 0.3) is 0 Å². The topological polar surface area (TPSA) is 67.9 Å². The molecule has 2 aromatic carbocycles. The lowest BCUT2D eigenvalue weighted by Gasteiger charge is -2.21. The summed E-state index contributed by atoms with van der Waals surface area (Å²) in [6.45, 7) is 3.77. The summed E-state index contributed by atoms with van der Waals surface area (Å²) in [5, 5.41) is 2.78. The molecule has 0 fully saturated rings. The highest BCUT2D eigenvalue weighted by Gasteiger charge is 2.16. The van der Waals surface area contributed by atoms with Gasteiger partial charge in [0.15, 0.2) is 0 Å². The van der Waals surface area contributed by atoms with Crippen molar-refractivity contribution in [1.82, 2.24) is 4.90 Å². The zero-order valence-corrected chi connectivity index (χ0v) is 15.5. The van der Waals surface area contributed by atoms with Gasteiger partial charge in [0.1, 0.15) is 18.0 Å². The quantitative estimate of drug-likeness (QED) is 0.828. The summed E-state index contributed by atoms with van der Waals surface area (Å²) < 4.78 is 10.4. The molecule has 0 bridgehead atoms. The van der Waals surface area contributed by atoms with Gasteiger partial charge in [-0.05, 0) is 24.6 Å². The van der Waals surface area contributed by atoms with Crippen LogP contribution in [0.2, 0.25) is 0 Å². The highest BCUT2D eigenvalue weighted by Crippen LogP contribution is 2.28. The van der Waals surface area contributed by atoms with E-state index < -0.39 is 0 Å². The second-order valence-corrected chi connectivity index (χ2v) is 5.98. The van der Waals surface area contributed by atoms with E-state index in [0.717, 1.165) is 11.1 Å². The molecular formula is C20H24N2O4. The molecule has 6 heteroatoms. The molecule has 0 atom stereocenters. The van der Waals surface area contributed by atoms with Crippen LogP contribution in [0.4, 0.5) is 5.69 Å². The number of ether oxygens (including phenoxy) is 2. The molecule has 6 nitrogen and oxygen atoms in total. The zero-order valence-electron chi connectivity index (χ0n) is 15.5. The van der Waals surface area contributed by atoms with Crippen molar-refractivity contribution in [3.63, 3.8) is 0 Å². The summed E-state index contributed by atoms with van der Waals surface area (Å²) in [7, 11) is 3.07. The number of benzene rings is 2. The van der Waals surface area contributed by atoms with E-state index in [1.165, 1.54) is 18.9 Å². The van der Waals surface area contributed by atoms with Crippen LogP contribution in [0.5, 0.6) is 11.5 Å². The Kier molecular flexibility index (Phi) is 6.60. The summed E-state index contributed by atoms with van der Waals surface area (Å²) in [6, 6.07) is 13.0. The lowest BCUT2D eigenvalue weighted by molar-refractivity contribution is -0.133. The fourth-order valence-corrected chi connectivity index (χ4v) is 2.47. The number of anilines is 1. The van der Waals surface area contributed by atoms with Gasteiger partial charge in [-0.15, -0.1) is 0 Å². The Balaban J connectivity index is 2.08. The number of rotatable bonds is 7. The van der Waals surface area contributed by atoms with Crippen LogP contribution in [-0.2, 0) is 16.1 Å². The molecule has 2 aromatic rings. The predicted octanol–water partition coefficient (Wildman–Crippen LogP) is 3.00. The number of methoxy groups -OCH3 is 2. The molecule has 0 aliphatic rings. The molecule has 0 spiro atoms. The first-order chi connectivity index (χ1) is 12.4. The highest BCUT2D eigenvalue weighted by atomic mass is 16.5. The molecule has 0 saturated heterocycles. The first-order valence-corrected chi connectivity index (χ1v) is 8.26. The van der Waals surface area contributed by atoms with Crippen LogP contribution < -0.4 is 14.8 Å². The van der Waals surface area contributed by atoms with Crippen LogP contribution in [0, 0.1) is 6.92 Å². The van der Waals surface area contributed by atoms with Crippen molar-refractivity contribution >= 4 is 17.5 Å². The standard InChI is InChI=1S/C20H24N2O4/c1-14-5-7-16(8-6-14)12-22(15(2)23)13-20(24)21-18-11-17(25-3)9-10-19(18)26-4/h5-11H,12-13H2,1-4H3,(H,21,24). The van der Waals surface area contributed by atoms with Crippen molar-refractivity contribution < 1.29 is 19.1 Å². The van der Waals surface area contributed by atoms with E-state index in [-0.39, 0.29) is 18.4 Å². The minimum absolute atomic E-state index is 0.0520. The average Bonchev–Trinajstić information content (AvgIpc) is 2.62. The third-order valence-electron chi connectivity index (χ3n) is 3.95. The van der Waals surface area contributed by atoms with Gasteiger partial charge in [-0.2, -0.15) is 0 Å². The average molecular weight is 356 g/mol. The monoisotopic (exact) mass is 356 g/mol. The van der Waals surface area contributed by atoms with Crippen LogP contribution in [0.1, 0.15) is 18.1 Å². The molecule has 2 rings (SSSR count). The molecule has 0 unspecified atom stereocenters. The minimum atomic E-state index is -0.307. The number of hydrogen-bond acceptors (Lipinski definition) is 4. The second kappa shape index (κ2) is 8.89. The number of carbonyl (C=O) groups is 2. The molecule has 2 amide bonds. The van der Waals surface area contributed by atoms with Gasteiger partial charge >= 0.3 is 0 Å². The maximum atomic E-state index is 12.4. The normalized spacial score (nSPS) is 10.2. The number of nitrogens with zero attached hydrogens (tertiary/aromatic N) is 1. The Morgan fingerprint density at radius 2 is 1.73 bits per heavy atom. The van der Waals surface area contributed by atoms with E-state index in [2.05, 4.69) is 5.32 Å². The van der Waals surface area contributed by atoms with Crippen LogP contribution in [0.15, 0.2) is 42.5 Å². The Morgan fingerprint density at radius 1 is 1.04 bits per heavy atom. The van der Waals surface area contributed by atoms with Crippen molar-refractivity contribution in [3.05, 3.63) is 53.6 Å². The summed E-state index contributed by atoms with van der Waals surface area (Å²) in [5.41, 5.74) is 2.61. The van der Waals surface area contributed by atoms with Gasteiger partial charge < -0.3 is 19.7 Å². The van der Waals surface area contributed by atoms with Gasteiger partial charge in [0.05, 0.1) is 19.9 Å². The van der Waals surface area contributed by atoms with E-state index in [1.54, 1.807) is 25.3 Å². The molecule has 0 aliphatic carbocycles. The first kappa shape index (κ1) is 19.3.